The summed E-state index contributed by atoms with van der Waals surface area (Å²) in [5.41, 5.74) is 1.39. The first-order valence-corrected chi connectivity index (χ1v) is 3.77. The van der Waals surface area contributed by atoms with Crippen molar-refractivity contribution in [2.75, 3.05) is 0 Å². The van der Waals surface area contributed by atoms with Gasteiger partial charge in [0.1, 0.15) is 0 Å². The van der Waals surface area contributed by atoms with Crippen molar-refractivity contribution in [2.45, 2.75) is 26.7 Å². The largest absolute Gasteiger partial charge is 0.103 e. The van der Waals surface area contributed by atoms with Crippen molar-refractivity contribution in [1.82, 2.24) is 0 Å². The maximum atomic E-state index is 3.64. The fraction of sp³-hybridized carbons (Fsp3) is 0.400. The van der Waals surface area contributed by atoms with Gasteiger partial charge in [-0.25, -0.2) is 0 Å². The molecule has 0 bridgehead atoms. The average molecular weight is 136 g/mol. The predicted molar refractivity (Wildman–Crippen MR) is 48.0 cm³/mol. The van der Waals surface area contributed by atoms with Gasteiger partial charge in [0.2, 0.25) is 0 Å². The van der Waals surface area contributed by atoms with E-state index >= 15 is 0 Å². The SMILES string of the molecule is C=CC/C=C\C(=C/C)CC. The van der Waals surface area contributed by atoms with E-state index in [0.717, 1.165) is 12.8 Å². The highest BCUT2D eigenvalue weighted by Gasteiger charge is 1.81. The molecule has 0 radical (unpaired) electrons. The third-order valence-corrected chi connectivity index (χ3v) is 1.41. The maximum absolute atomic E-state index is 3.64. The Kier molecular flexibility index (Phi) is 5.85. The van der Waals surface area contributed by atoms with Gasteiger partial charge in [-0.3, -0.25) is 0 Å². The van der Waals surface area contributed by atoms with E-state index in [1.807, 2.05) is 6.08 Å². The summed E-state index contributed by atoms with van der Waals surface area (Å²) in [5.74, 6) is 0. The molecule has 0 atom stereocenters. The van der Waals surface area contributed by atoms with Crippen molar-refractivity contribution < 1.29 is 0 Å². The summed E-state index contributed by atoms with van der Waals surface area (Å²) in [6.45, 7) is 7.87. The summed E-state index contributed by atoms with van der Waals surface area (Å²) in [6, 6.07) is 0. The number of rotatable bonds is 4. The van der Waals surface area contributed by atoms with E-state index in [4.69, 9.17) is 0 Å². The van der Waals surface area contributed by atoms with Crippen LogP contribution in [0, 0.1) is 0 Å². The molecule has 0 spiro atoms. The highest BCUT2D eigenvalue weighted by atomic mass is 13.9. The standard InChI is InChI=1S/C10H16/c1-4-7-8-9-10(5-2)6-3/h4-5,8-9H,1,6-7H2,2-3H3/b9-8-,10-5-. The minimum atomic E-state index is 0.970. The zero-order valence-corrected chi connectivity index (χ0v) is 6.93. The van der Waals surface area contributed by atoms with Crippen molar-refractivity contribution in [2.24, 2.45) is 0 Å². The molecule has 10 heavy (non-hydrogen) atoms. The predicted octanol–water partition coefficient (Wildman–Crippen LogP) is 3.48. The fourth-order valence-corrected chi connectivity index (χ4v) is 0.734. The van der Waals surface area contributed by atoms with Crippen molar-refractivity contribution in [3.63, 3.8) is 0 Å². The zero-order chi connectivity index (χ0) is 7.82. The monoisotopic (exact) mass is 136 g/mol. The molecule has 0 unspecified atom stereocenters. The molecule has 0 aliphatic heterocycles. The molecule has 0 nitrogen and oxygen atoms in total. The molecule has 0 heterocycles. The van der Waals surface area contributed by atoms with E-state index in [1.54, 1.807) is 0 Å². The quantitative estimate of drug-likeness (QED) is 0.410. The molecular weight excluding hydrogens is 120 g/mol. The fourth-order valence-electron chi connectivity index (χ4n) is 0.734. The van der Waals surface area contributed by atoms with Crippen LogP contribution in [-0.2, 0) is 0 Å². The lowest BCUT2D eigenvalue weighted by Gasteiger charge is -1.91. The van der Waals surface area contributed by atoms with Crippen LogP contribution in [-0.4, -0.2) is 0 Å². The Morgan fingerprint density at radius 2 is 2.20 bits per heavy atom. The Bertz CT molecular complexity index is 138. The van der Waals surface area contributed by atoms with Crippen LogP contribution in [0.15, 0.2) is 36.5 Å². The van der Waals surface area contributed by atoms with E-state index in [-0.39, 0.29) is 0 Å². The second-order valence-electron chi connectivity index (χ2n) is 2.14. The van der Waals surface area contributed by atoms with Crippen LogP contribution >= 0.6 is 0 Å². The van der Waals surface area contributed by atoms with Gasteiger partial charge in [0.05, 0.1) is 0 Å². The number of hydrogen-bond acceptors (Lipinski definition) is 0. The minimum Gasteiger partial charge on any atom is -0.103 e. The van der Waals surface area contributed by atoms with Crippen LogP contribution in [0.2, 0.25) is 0 Å². The average Bonchev–Trinajstić information content (AvgIpc) is 1.99. The molecular formula is C10H16. The van der Waals surface area contributed by atoms with Gasteiger partial charge in [-0.1, -0.05) is 36.8 Å². The highest BCUT2D eigenvalue weighted by Crippen LogP contribution is 2.02. The Labute approximate surface area is 64.0 Å². The Morgan fingerprint density at radius 3 is 2.60 bits per heavy atom. The Balaban J connectivity index is 3.73. The molecule has 0 rings (SSSR count). The van der Waals surface area contributed by atoms with Crippen LogP contribution in [0.25, 0.3) is 0 Å². The third-order valence-electron chi connectivity index (χ3n) is 1.41. The van der Waals surface area contributed by atoms with Crippen LogP contribution < -0.4 is 0 Å². The van der Waals surface area contributed by atoms with Gasteiger partial charge in [0.15, 0.2) is 0 Å². The van der Waals surface area contributed by atoms with Crippen molar-refractivity contribution in [1.29, 1.82) is 0 Å². The molecule has 0 N–H and O–H groups in total. The third kappa shape index (κ3) is 4.13. The molecule has 0 aromatic carbocycles. The molecule has 0 amide bonds. The van der Waals surface area contributed by atoms with Crippen molar-refractivity contribution in [3.05, 3.63) is 36.5 Å². The van der Waals surface area contributed by atoms with Gasteiger partial charge in [0, 0.05) is 0 Å². The van der Waals surface area contributed by atoms with E-state index in [1.165, 1.54) is 5.57 Å². The van der Waals surface area contributed by atoms with Crippen LogP contribution in [0.3, 0.4) is 0 Å². The van der Waals surface area contributed by atoms with Crippen LogP contribution in [0.1, 0.15) is 26.7 Å². The Morgan fingerprint density at radius 1 is 1.50 bits per heavy atom. The van der Waals surface area contributed by atoms with E-state index in [0.29, 0.717) is 0 Å². The van der Waals surface area contributed by atoms with E-state index in [2.05, 4.69) is 38.7 Å². The molecule has 0 heteroatoms. The molecule has 56 valence electrons. The lowest BCUT2D eigenvalue weighted by Crippen LogP contribution is -1.71. The topological polar surface area (TPSA) is 0 Å². The summed E-state index contributed by atoms with van der Waals surface area (Å²) < 4.78 is 0. The van der Waals surface area contributed by atoms with E-state index < -0.39 is 0 Å². The Hall–Kier alpha value is -0.780. The van der Waals surface area contributed by atoms with Crippen LogP contribution in [0.4, 0.5) is 0 Å². The summed E-state index contributed by atoms with van der Waals surface area (Å²) in [6.07, 6.45) is 10.4. The normalized spacial score (nSPS) is 12.4. The van der Waals surface area contributed by atoms with Gasteiger partial charge in [-0.05, 0) is 19.8 Å². The first-order chi connectivity index (χ1) is 4.85. The molecule has 0 aromatic heterocycles. The molecule has 0 aliphatic carbocycles. The summed E-state index contributed by atoms with van der Waals surface area (Å²) in [7, 11) is 0. The minimum absolute atomic E-state index is 0.970. The van der Waals surface area contributed by atoms with Crippen molar-refractivity contribution >= 4 is 0 Å². The zero-order valence-electron chi connectivity index (χ0n) is 6.93. The van der Waals surface area contributed by atoms with E-state index in [9.17, 15) is 0 Å². The molecule has 0 saturated heterocycles. The molecule has 0 saturated carbocycles. The first kappa shape index (κ1) is 9.22. The lowest BCUT2D eigenvalue weighted by molar-refractivity contribution is 1.14. The molecule has 0 fully saturated rings. The summed E-state index contributed by atoms with van der Waals surface area (Å²) in [5, 5.41) is 0. The van der Waals surface area contributed by atoms with Gasteiger partial charge in [0.25, 0.3) is 0 Å². The smallest absolute Gasteiger partial charge is 0.0169 e. The maximum Gasteiger partial charge on any atom is -0.0169 e. The van der Waals surface area contributed by atoms with Crippen molar-refractivity contribution in [3.8, 4) is 0 Å². The second kappa shape index (κ2) is 6.34. The van der Waals surface area contributed by atoms with Gasteiger partial charge >= 0.3 is 0 Å². The summed E-state index contributed by atoms with van der Waals surface area (Å²) in [4.78, 5) is 0. The van der Waals surface area contributed by atoms with Gasteiger partial charge in [-0.15, -0.1) is 6.58 Å². The highest BCUT2D eigenvalue weighted by molar-refractivity contribution is 5.17. The number of allylic oxidation sites excluding steroid dienone is 5. The van der Waals surface area contributed by atoms with Gasteiger partial charge < -0.3 is 0 Å². The lowest BCUT2D eigenvalue weighted by atomic mass is 10.2. The van der Waals surface area contributed by atoms with Gasteiger partial charge in [-0.2, -0.15) is 0 Å². The second-order valence-corrected chi connectivity index (χ2v) is 2.14. The molecule has 0 aromatic rings. The summed E-state index contributed by atoms with van der Waals surface area (Å²) >= 11 is 0. The van der Waals surface area contributed by atoms with Crippen LogP contribution in [0.5, 0.6) is 0 Å². The number of hydrogen-bond donors (Lipinski definition) is 0. The first-order valence-electron chi connectivity index (χ1n) is 3.77. The molecule has 0 aliphatic rings.